The van der Waals surface area contributed by atoms with Crippen molar-refractivity contribution in [1.29, 1.82) is 0 Å². The molecule has 0 radical (unpaired) electrons. The number of nitrogens with one attached hydrogen (secondary N) is 2. The van der Waals surface area contributed by atoms with Gasteiger partial charge in [0.2, 0.25) is 10.0 Å². The minimum Gasteiger partial charge on any atom is -0.504 e. The number of rotatable bonds is 11. The molecule has 9 nitrogen and oxygen atoms in total. The van der Waals surface area contributed by atoms with Crippen molar-refractivity contribution in [2.45, 2.75) is 18.7 Å². The summed E-state index contributed by atoms with van der Waals surface area (Å²) in [6.07, 6.45) is 0. The molecule has 0 fully saturated rings. The van der Waals surface area contributed by atoms with E-state index in [1.165, 1.54) is 19.2 Å². The quantitative estimate of drug-likeness (QED) is 0.248. The van der Waals surface area contributed by atoms with E-state index in [1.807, 2.05) is 13.8 Å². The van der Waals surface area contributed by atoms with Crippen LogP contribution in [0.5, 0.6) is 5.75 Å². The Morgan fingerprint density at radius 2 is 1.43 bits per heavy atom. The van der Waals surface area contributed by atoms with Gasteiger partial charge in [-0.3, -0.25) is 9.59 Å². The fraction of sp³-hybridized carbons (Fsp3) is 0.304. The van der Waals surface area contributed by atoms with E-state index in [0.717, 1.165) is 17.4 Å². The Balaban J connectivity index is 1.92. The second-order valence-electron chi connectivity index (χ2n) is 7.76. The van der Waals surface area contributed by atoms with Crippen LogP contribution in [-0.2, 0) is 10.0 Å². The van der Waals surface area contributed by atoms with Crippen LogP contribution in [0.15, 0.2) is 50.9 Å². The highest BCUT2D eigenvalue weighted by Gasteiger charge is 2.30. The van der Waals surface area contributed by atoms with E-state index < -0.39 is 31.5 Å². The number of sulfonamides is 1. The van der Waals surface area contributed by atoms with Gasteiger partial charge in [0.1, 0.15) is 16.3 Å². The summed E-state index contributed by atoms with van der Waals surface area (Å²) in [5.41, 5.74) is -1.48. The molecule has 0 amide bonds. The molecule has 3 rings (SSSR count). The summed E-state index contributed by atoms with van der Waals surface area (Å²) in [5.74, 6) is -0.663. The number of hydrogen-bond donors (Lipinski definition) is 3. The first-order chi connectivity index (χ1) is 16.5. The third-order valence-corrected chi connectivity index (χ3v) is 8.37. The fourth-order valence-corrected chi connectivity index (χ4v) is 5.38. The molecule has 35 heavy (non-hydrogen) atoms. The summed E-state index contributed by atoms with van der Waals surface area (Å²) in [7, 11) is -2.77. The number of aromatic hydroxyl groups is 1. The van der Waals surface area contributed by atoms with Crippen LogP contribution in [0.4, 0.5) is 22.7 Å². The zero-order chi connectivity index (χ0) is 25.9. The summed E-state index contributed by atoms with van der Waals surface area (Å²) in [6.45, 7) is 6.17. The van der Waals surface area contributed by atoms with E-state index in [-0.39, 0.29) is 28.6 Å². The number of likely N-dealkylation sites (N-methyl/N-ethyl adjacent to an activating group) is 2. The predicted molar refractivity (Wildman–Crippen MR) is 140 cm³/mol. The maximum absolute atomic E-state index is 13.2. The maximum atomic E-state index is 13.2. The van der Waals surface area contributed by atoms with Crippen molar-refractivity contribution in [3.8, 4) is 5.75 Å². The normalized spacial score (nSPS) is 12.0. The Hall–Kier alpha value is -2.63. The molecule has 0 bridgehead atoms. The standard InChI is InChI=1S/C23H26Cl2N4O5S/c1-4-29(5-2)13-12-28(3)35(33,34)23-15(25)10-11-17(20(23)30)27-19-18(21(31)22(19)32)26-16-9-7-6-8-14(16)24/h6-11,26-27,30H,4-5,12-13H2,1-3H3. The van der Waals surface area contributed by atoms with Crippen molar-refractivity contribution in [3.63, 3.8) is 0 Å². The number of benzene rings is 2. The lowest BCUT2D eigenvalue weighted by molar-refractivity contribution is 0.282. The second kappa shape index (κ2) is 11.0. The molecule has 188 valence electrons. The fourth-order valence-electron chi connectivity index (χ4n) is 3.45. The van der Waals surface area contributed by atoms with Crippen LogP contribution in [0.1, 0.15) is 13.8 Å². The summed E-state index contributed by atoms with van der Waals surface area (Å²) >= 11 is 12.3. The molecule has 0 saturated heterocycles. The van der Waals surface area contributed by atoms with Crippen LogP contribution >= 0.6 is 23.2 Å². The highest BCUT2D eigenvalue weighted by Crippen LogP contribution is 2.40. The average Bonchev–Trinajstić information content (AvgIpc) is 2.83. The van der Waals surface area contributed by atoms with Crippen molar-refractivity contribution < 1.29 is 13.5 Å². The van der Waals surface area contributed by atoms with E-state index in [1.54, 1.807) is 24.3 Å². The van der Waals surface area contributed by atoms with Gasteiger partial charge in [0.25, 0.3) is 10.9 Å². The number of halogens is 2. The number of phenolic OH excluding ortho intramolecular Hbond substituents is 1. The van der Waals surface area contributed by atoms with Crippen LogP contribution in [0.2, 0.25) is 10.0 Å². The third kappa shape index (κ3) is 5.46. The first kappa shape index (κ1) is 27.0. The Kier molecular flexibility index (Phi) is 8.45. The van der Waals surface area contributed by atoms with Gasteiger partial charge in [-0.2, -0.15) is 4.31 Å². The lowest BCUT2D eigenvalue weighted by Crippen LogP contribution is -2.36. The molecule has 3 aromatic carbocycles. The molecule has 3 N–H and O–H groups in total. The van der Waals surface area contributed by atoms with Gasteiger partial charge >= 0.3 is 0 Å². The van der Waals surface area contributed by atoms with Gasteiger partial charge in [-0.25, -0.2) is 8.42 Å². The molecule has 0 unspecified atom stereocenters. The second-order valence-corrected chi connectivity index (χ2v) is 10.6. The monoisotopic (exact) mass is 540 g/mol. The Morgan fingerprint density at radius 3 is 2.00 bits per heavy atom. The topological polar surface area (TPSA) is 119 Å². The summed E-state index contributed by atoms with van der Waals surface area (Å²) in [4.78, 5) is 26.0. The minimum absolute atomic E-state index is 0.0572. The lowest BCUT2D eigenvalue weighted by atomic mass is 10.1. The number of nitrogens with zero attached hydrogens (tertiary/aromatic N) is 2. The molecule has 0 saturated carbocycles. The van der Waals surface area contributed by atoms with Crippen molar-refractivity contribution in [2.24, 2.45) is 0 Å². The van der Waals surface area contributed by atoms with Crippen molar-refractivity contribution in [2.75, 3.05) is 43.9 Å². The van der Waals surface area contributed by atoms with Crippen LogP contribution in [0.3, 0.4) is 0 Å². The minimum atomic E-state index is -4.17. The first-order valence-corrected chi connectivity index (χ1v) is 13.0. The average molecular weight is 541 g/mol. The van der Waals surface area contributed by atoms with E-state index in [9.17, 15) is 23.1 Å². The largest absolute Gasteiger partial charge is 0.504 e. The van der Waals surface area contributed by atoms with E-state index in [4.69, 9.17) is 23.2 Å². The van der Waals surface area contributed by atoms with Gasteiger partial charge in [0.05, 0.1) is 21.4 Å². The molecule has 0 aliphatic carbocycles. The van der Waals surface area contributed by atoms with E-state index in [0.29, 0.717) is 17.3 Å². The Labute approximate surface area is 213 Å². The maximum Gasteiger partial charge on any atom is 0.253 e. The smallest absolute Gasteiger partial charge is 0.253 e. The van der Waals surface area contributed by atoms with Crippen LogP contribution in [-0.4, -0.2) is 56.0 Å². The lowest BCUT2D eigenvalue weighted by Gasteiger charge is -2.24. The molecule has 0 spiro atoms. The predicted octanol–water partition coefficient (Wildman–Crippen LogP) is 3.74. The summed E-state index contributed by atoms with van der Waals surface area (Å²) in [6, 6.07) is 9.26. The number of hydrogen-bond acceptors (Lipinski definition) is 8. The van der Waals surface area contributed by atoms with Crippen LogP contribution < -0.4 is 21.5 Å². The van der Waals surface area contributed by atoms with Gasteiger partial charge in [0, 0.05) is 20.1 Å². The number of anilines is 4. The van der Waals surface area contributed by atoms with Gasteiger partial charge in [0.15, 0.2) is 5.75 Å². The summed E-state index contributed by atoms with van der Waals surface area (Å²) in [5, 5.41) is 16.5. The Bertz CT molecular complexity index is 1400. The molecule has 0 aliphatic rings. The van der Waals surface area contributed by atoms with Crippen molar-refractivity contribution >= 4 is 56.0 Å². The highest BCUT2D eigenvalue weighted by atomic mass is 35.5. The van der Waals surface area contributed by atoms with E-state index in [2.05, 4.69) is 15.5 Å². The van der Waals surface area contributed by atoms with Crippen molar-refractivity contribution in [1.82, 2.24) is 9.21 Å². The highest BCUT2D eigenvalue weighted by molar-refractivity contribution is 7.89. The SMILES string of the molecule is CCN(CC)CCN(C)S(=O)(=O)c1c(Cl)ccc(Nc2c(Nc3ccccc3Cl)c(=O)c2=O)c1O. The van der Waals surface area contributed by atoms with E-state index >= 15 is 0 Å². The van der Waals surface area contributed by atoms with Gasteiger partial charge in [-0.1, -0.05) is 49.2 Å². The first-order valence-electron chi connectivity index (χ1n) is 10.8. The van der Waals surface area contributed by atoms with Crippen LogP contribution in [0.25, 0.3) is 0 Å². The molecular weight excluding hydrogens is 515 g/mol. The number of para-hydroxylation sites is 1. The zero-order valence-electron chi connectivity index (χ0n) is 19.4. The molecule has 12 heteroatoms. The molecule has 0 aliphatic heterocycles. The molecule has 3 aromatic rings. The van der Waals surface area contributed by atoms with Gasteiger partial charge in [-0.15, -0.1) is 0 Å². The Morgan fingerprint density at radius 1 is 0.857 bits per heavy atom. The van der Waals surface area contributed by atoms with Crippen molar-refractivity contribution in [3.05, 3.63) is 66.9 Å². The van der Waals surface area contributed by atoms with Gasteiger partial charge < -0.3 is 20.6 Å². The van der Waals surface area contributed by atoms with Crippen LogP contribution in [0, 0.1) is 0 Å². The number of phenols is 1. The molecule has 0 atom stereocenters. The van der Waals surface area contributed by atoms with Gasteiger partial charge in [-0.05, 0) is 37.4 Å². The molecule has 0 aromatic heterocycles. The molecular formula is C23H26Cl2N4O5S. The molecule has 0 heterocycles. The zero-order valence-corrected chi connectivity index (χ0v) is 21.8. The summed E-state index contributed by atoms with van der Waals surface area (Å²) < 4.78 is 27.5. The third-order valence-electron chi connectivity index (χ3n) is 5.68.